The minimum absolute atomic E-state index is 0.0619. The SMILES string of the molecule is CC(=O)N1c2ccc(-n3cnc(C)c3)cc2[C@@H](Nc2ccc(C)cn2)C[C@H]1C. The maximum atomic E-state index is 12.3. The Bertz CT molecular complexity index is 1010. The Balaban J connectivity index is 1.77. The quantitative estimate of drug-likeness (QED) is 0.746. The number of rotatable bonds is 3. The van der Waals surface area contributed by atoms with E-state index in [0.29, 0.717) is 0 Å². The number of amides is 1. The van der Waals surface area contributed by atoms with Gasteiger partial charge in [-0.1, -0.05) is 6.07 Å². The second-order valence-electron chi connectivity index (χ2n) is 7.56. The normalized spacial score (nSPS) is 18.6. The molecule has 0 radical (unpaired) electrons. The van der Waals surface area contributed by atoms with E-state index in [1.165, 1.54) is 0 Å². The smallest absolute Gasteiger partial charge is 0.224 e. The summed E-state index contributed by atoms with van der Waals surface area (Å²) in [6.07, 6.45) is 6.49. The molecule has 6 heteroatoms. The molecule has 0 saturated carbocycles. The Morgan fingerprint density at radius 2 is 2.00 bits per heavy atom. The van der Waals surface area contributed by atoms with Gasteiger partial charge in [-0.2, -0.15) is 0 Å². The van der Waals surface area contributed by atoms with Gasteiger partial charge in [0.2, 0.25) is 5.91 Å². The average Bonchev–Trinajstić information content (AvgIpc) is 3.09. The summed E-state index contributed by atoms with van der Waals surface area (Å²) in [6.45, 7) is 7.72. The molecule has 4 rings (SSSR count). The van der Waals surface area contributed by atoms with E-state index < -0.39 is 0 Å². The second kappa shape index (κ2) is 7.11. The predicted octanol–water partition coefficient (Wildman–Crippen LogP) is 4.18. The number of benzene rings is 1. The summed E-state index contributed by atoms with van der Waals surface area (Å²) in [5.74, 6) is 0.904. The zero-order valence-electron chi connectivity index (χ0n) is 16.7. The molecule has 3 heterocycles. The number of carbonyl (C=O) groups is 1. The van der Waals surface area contributed by atoms with E-state index in [-0.39, 0.29) is 18.0 Å². The summed E-state index contributed by atoms with van der Waals surface area (Å²) in [5.41, 5.74) is 5.18. The molecule has 1 aliphatic rings. The van der Waals surface area contributed by atoms with Crippen LogP contribution in [0, 0.1) is 13.8 Å². The third kappa shape index (κ3) is 3.38. The molecule has 2 aromatic heterocycles. The molecule has 28 heavy (non-hydrogen) atoms. The standard InChI is InChI=1S/C22H25N5O/c1-14-5-8-22(23-11-14)25-20-9-16(3)27(17(4)28)21-7-6-18(10-19(20)21)26-12-15(2)24-13-26/h5-8,10-13,16,20H,9H2,1-4H3,(H,23,25)/t16-,20+/m1/s1. The lowest BCUT2D eigenvalue weighted by Gasteiger charge is -2.39. The van der Waals surface area contributed by atoms with Gasteiger partial charge in [0.05, 0.1) is 18.1 Å². The summed E-state index contributed by atoms with van der Waals surface area (Å²) in [5, 5.41) is 3.56. The molecule has 2 atom stereocenters. The lowest BCUT2D eigenvalue weighted by atomic mass is 9.91. The van der Waals surface area contributed by atoms with Crippen LogP contribution in [0.1, 0.15) is 43.1 Å². The van der Waals surface area contributed by atoms with Crippen LogP contribution >= 0.6 is 0 Å². The summed E-state index contributed by atoms with van der Waals surface area (Å²) in [6, 6.07) is 10.4. The Morgan fingerprint density at radius 3 is 2.64 bits per heavy atom. The average molecular weight is 375 g/mol. The van der Waals surface area contributed by atoms with Crippen molar-refractivity contribution in [2.75, 3.05) is 10.2 Å². The number of carbonyl (C=O) groups excluding carboxylic acids is 1. The van der Waals surface area contributed by atoms with Crippen LogP contribution in [0.3, 0.4) is 0 Å². The first kappa shape index (κ1) is 18.2. The van der Waals surface area contributed by atoms with Crippen LogP contribution in [-0.2, 0) is 4.79 Å². The largest absolute Gasteiger partial charge is 0.363 e. The number of aryl methyl sites for hydroxylation is 2. The summed E-state index contributed by atoms with van der Waals surface area (Å²) in [4.78, 5) is 23.0. The van der Waals surface area contributed by atoms with Crippen molar-refractivity contribution in [1.82, 2.24) is 14.5 Å². The van der Waals surface area contributed by atoms with Crippen molar-refractivity contribution in [2.24, 2.45) is 0 Å². The minimum atomic E-state index is 0.0619. The zero-order valence-corrected chi connectivity index (χ0v) is 16.7. The van der Waals surface area contributed by atoms with E-state index >= 15 is 0 Å². The van der Waals surface area contributed by atoms with Gasteiger partial charge in [0, 0.05) is 42.3 Å². The van der Waals surface area contributed by atoms with E-state index in [2.05, 4.69) is 34.3 Å². The van der Waals surface area contributed by atoms with Gasteiger partial charge in [-0.3, -0.25) is 4.79 Å². The van der Waals surface area contributed by atoms with Crippen LogP contribution in [-0.4, -0.2) is 26.5 Å². The highest BCUT2D eigenvalue weighted by molar-refractivity contribution is 5.94. The highest BCUT2D eigenvalue weighted by Crippen LogP contribution is 2.40. The van der Waals surface area contributed by atoms with E-state index in [9.17, 15) is 4.79 Å². The van der Waals surface area contributed by atoms with Crippen molar-refractivity contribution in [3.05, 3.63) is 65.9 Å². The summed E-state index contributed by atoms with van der Waals surface area (Å²) in [7, 11) is 0. The maximum Gasteiger partial charge on any atom is 0.224 e. The highest BCUT2D eigenvalue weighted by Gasteiger charge is 2.32. The molecule has 0 saturated heterocycles. The van der Waals surface area contributed by atoms with Crippen molar-refractivity contribution in [3.63, 3.8) is 0 Å². The van der Waals surface area contributed by atoms with Crippen LogP contribution in [0.25, 0.3) is 5.69 Å². The molecular formula is C22H25N5O. The lowest BCUT2D eigenvalue weighted by molar-refractivity contribution is -0.117. The molecule has 0 aliphatic carbocycles. The Morgan fingerprint density at radius 1 is 1.18 bits per heavy atom. The molecule has 1 N–H and O–H groups in total. The molecule has 0 fully saturated rings. The van der Waals surface area contributed by atoms with E-state index in [0.717, 1.165) is 40.4 Å². The molecule has 0 unspecified atom stereocenters. The Hall–Kier alpha value is -3.15. The molecule has 3 aromatic rings. The second-order valence-corrected chi connectivity index (χ2v) is 7.56. The van der Waals surface area contributed by atoms with E-state index in [1.54, 1.807) is 6.92 Å². The molecule has 1 aromatic carbocycles. The number of hydrogen-bond acceptors (Lipinski definition) is 4. The van der Waals surface area contributed by atoms with Gasteiger partial charge in [0.1, 0.15) is 5.82 Å². The van der Waals surface area contributed by atoms with Gasteiger partial charge in [-0.25, -0.2) is 9.97 Å². The van der Waals surface area contributed by atoms with Crippen LogP contribution in [0.2, 0.25) is 0 Å². The topological polar surface area (TPSA) is 63.1 Å². The molecule has 0 spiro atoms. The van der Waals surface area contributed by atoms with Crippen LogP contribution in [0.5, 0.6) is 0 Å². The monoisotopic (exact) mass is 375 g/mol. The number of pyridine rings is 1. The van der Waals surface area contributed by atoms with Crippen LogP contribution in [0.15, 0.2) is 49.1 Å². The molecule has 144 valence electrons. The van der Waals surface area contributed by atoms with Crippen LogP contribution in [0.4, 0.5) is 11.5 Å². The molecule has 1 aliphatic heterocycles. The van der Waals surface area contributed by atoms with E-state index in [1.807, 2.05) is 60.2 Å². The van der Waals surface area contributed by atoms with Gasteiger partial charge in [0.25, 0.3) is 0 Å². The number of hydrogen-bond donors (Lipinski definition) is 1. The number of nitrogens with one attached hydrogen (secondary N) is 1. The molecule has 0 bridgehead atoms. The van der Waals surface area contributed by atoms with Crippen molar-refractivity contribution in [1.29, 1.82) is 0 Å². The fourth-order valence-corrected chi connectivity index (χ4v) is 3.92. The molecule has 1 amide bonds. The van der Waals surface area contributed by atoms with Gasteiger partial charge >= 0.3 is 0 Å². The summed E-state index contributed by atoms with van der Waals surface area (Å²) < 4.78 is 2.01. The summed E-state index contributed by atoms with van der Waals surface area (Å²) >= 11 is 0. The van der Waals surface area contributed by atoms with Crippen molar-refractivity contribution < 1.29 is 4.79 Å². The van der Waals surface area contributed by atoms with E-state index in [4.69, 9.17) is 0 Å². The minimum Gasteiger partial charge on any atom is -0.363 e. The van der Waals surface area contributed by atoms with Crippen LogP contribution < -0.4 is 10.2 Å². The number of anilines is 2. The van der Waals surface area contributed by atoms with Crippen molar-refractivity contribution >= 4 is 17.4 Å². The first-order valence-corrected chi connectivity index (χ1v) is 9.56. The number of aromatic nitrogens is 3. The molecule has 6 nitrogen and oxygen atoms in total. The lowest BCUT2D eigenvalue weighted by Crippen LogP contribution is -2.43. The third-order valence-corrected chi connectivity index (χ3v) is 5.25. The predicted molar refractivity (Wildman–Crippen MR) is 111 cm³/mol. The van der Waals surface area contributed by atoms with Gasteiger partial charge in [0.15, 0.2) is 0 Å². The van der Waals surface area contributed by atoms with Crippen molar-refractivity contribution in [3.8, 4) is 5.69 Å². The Kier molecular flexibility index (Phi) is 4.63. The molecular weight excluding hydrogens is 350 g/mol. The number of fused-ring (bicyclic) bond motifs is 1. The highest BCUT2D eigenvalue weighted by atomic mass is 16.2. The van der Waals surface area contributed by atoms with Crippen molar-refractivity contribution in [2.45, 2.75) is 46.2 Å². The fourth-order valence-electron chi connectivity index (χ4n) is 3.92. The van der Waals surface area contributed by atoms with Gasteiger partial charge < -0.3 is 14.8 Å². The maximum absolute atomic E-state index is 12.3. The first-order valence-electron chi connectivity index (χ1n) is 9.56. The van der Waals surface area contributed by atoms with Gasteiger partial charge in [-0.05, 0) is 57.0 Å². The number of nitrogens with zero attached hydrogens (tertiary/aromatic N) is 4. The first-order chi connectivity index (χ1) is 13.4. The zero-order chi connectivity index (χ0) is 19.8. The Labute approximate surface area is 165 Å². The van der Waals surface area contributed by atoms with Gasteiger partial charge in [-0.15, -0.1) is 0 Å². The third-order valence-electron chi connectivity index (χ3n) is 5.25. The fraction of sp³-hybridized carbons (Fsp3) is 0.318. The number of imidazole rings is 1.